The third-order valence-corrected chi connectivity index (χ3v) is 5.57. The van der Waals surface area contributed by atoms with Crippen LogP contribution in [0, 0.1) is 11.8 Å². The minimum Gasteiger partial charge on any atom is -0.460 e. The van der Waals surface area contributed by atoms with E-state index < -0.39 is 17.1 Å². The number of fused-ring (bicyclic) bond motifs is 1. The van der Waals surface area contributed by atoms with Gasteiger partial charge in [-0.25, -0.2) is 4.79 Å². The van der Waals surface area contributed by atoms with Crippen LogP contribution < -0.4 is 0 Å². The van der Waals surface area contributed by atoms with Crippen LogP contribution in [0.25, 0.3) is 11.0 Å². The molecule has 1 saturated heterocycles. The molecule has 7 nitrogen and oxygen atoms in total. The quantitative estimate of drug-likeness (QED) is 0.532. The first-order chi connectivity index (χ1) is 14.3. The number of benzene rings is 1. The van der Waals surface area contributed by atoms with Gasteiger partial charge in [0.05, 0.1) is 11.6 Å². The minimum absolute atomic E-state index is 0.0513. The highest BCUT2D eigenvalue weighted by molar-refractivity contribution is 9.10. The number of aromatic nitrogens is 1. The Hall–Kier alpha value is -2.09. The molecular weight excluding hydrogens is 464 g/mol. The molecule has 1 aliphatic rings. The number of halogens is 1. The zero-order valence-electron chi connectivity index (χ0n) is 19.0. The van der Waals surface area contributed by atoms with Crippen LogP contribution >= 0.6 is 15.9 Å². The van der Waals surface area contributed by atoms with Crippen LogP contribution in [-0.4, -0.2) is 46.4 Å². The second kappa shape index (κ2) is 8.81. The van der Waals surface area contributed by atoms with Gasteiger partial charge >= 0.3 is 12.1 Å². The number of hydrogen-bond donors (Lipinski definition) is 0. The molecule has 1 aliphatic heterocycles. The molecule has 1 aromatic carbocycles. The lowest BCUT2D eigenvalue weighted by atomic mass is 9.87. The summed E-state index contributed by atoms with van der Waals surface area (Å²) >= 11 is 3.43. The van der Waals surface area contributed by atoms with Gasteiger partial charge in [-0.15, -0.1) is 0 Å². The molecule has 1 fully saturated rings. The Bertz CT molecular complexity index is 957. The first-order valence-corrected chi connectivity index (χ1v) is 11.4. The van der Waals surface area contributed by atoms with Crippen molar-refractivity contribution in [2.45, 2.75) is 65.6 Å². The van der Waals surface area contributed by atoms with Crippen LogP contribution in [0.2, 0.25) is 0 Å². The Kier molecular flexibility index (Phi) is 6.69. The molecule has 0 spiro atoms. The summed E-state index contributed by atoms with van der Waals surface area (Å²) in [6, 6.07) is 5.71. The van der Waals surface area contributed by atoms with Crippen LogP contribution in [0.4, 0.5) is 4.79 Å². The van der Waals surface area contributed by atoms with Crippen molar-refractivity contribution in [3.05, 3.63) is 28.4 Å². The lowest BCUT2D eigenvalue weighted by Gasteiger charge is -2.27. The number of carbonyl (C=O) groups is 2. The van der Waals surface area contributed by atoms with Crippen molar-refractivity contribution in [3.8, 4) is 0 Å². The van der Waals surface area contributed by atoms with E-state index in [1.807, 2.05) is 59.7 Å². The fourth-order valence-electron chi connectivity index (χ4n) is 3.75. The fourth-order valence-corrected chi connectivity index (χ4v) is 4.09. The van der Waals surface area contributed by atoms with Gasteiger partial charge in [-0.1, -0.05) is 21.1 Å². The van der Waals surface area contributed by atoms with Crippen molar-refractivity contribution in [1.29, 1.82) is 0 Å². The van der Waals surface area contributed by atoms with Crippen LogP contribution in [0.5, 0.6) is 0 Å². The second-order valence-electron chi connectivity index (χ2n) is 10.1. The lowest BCUT2D eigenvalue weighted by Crippen LogP contribution is -2.38. The lowest BCUT2D eigenvalue weighted by molar-refractivity contribution is -0.162. The molecule has 0 bridgehead atoms. The van der Waals surface area contributed by atoms with E-state index in [9.17, 15) is 9.59 Å². The molecule has 170 valence electrons. The first kappa shape index (κ1) is 23.6. The Labute approximate surface area is 191 Å². The molecule has 0 unspecified atom stereocenters. The summed E-state index contributed by atoms with van der Waals surface area (Å²) in [4.78, 5) is 27.3. The summed E-state index contributed by atoms with van der Waals surface area (Å²) in [5.41, 5.74) is 0.214. The summed E-state index contributed by atoms with van der Waals surface area (Å²) in [6.07, 6.45) is 0.732. The Morgan fingerprint density at radius 1 is 1.19 bits per heavy atom. The molecule has 1 amide bonds. The van der Waals surface area contributed by atoms with Crippen molar-refractivity contribution in [2.75, 3.05) is 13.1 Å². The smallest absolute Gasteiger partial charge is 0.410 e. The maximum Gasteiger partial charge on any atom is 0.410 e. The summed E-state index contributed by atoms with van der Waals surface area (Å²) in [5.74, 6) is -0.773. The largest absolute Gasteiger partial charge is 0.460 e. The SMILES string of the molecule is CC(C)(C)OC(=O)[C@@H](Cc1noc2cc(Br)ccc12)[C@H]1CCN(C(=O)OC(C)(C)C)C1. The number of ether oxygens (including phenoxy) is 2. The van der Waals surface area contributed by atoms with Gasteiger partial charge < -0.3 is 18.9 Å². The highest BCUT2D eigenvalue weighted by Crippen LogP contribution is 2.32. The van der Waals surface area contributed by atoms with Gasteiger partial charge in [0.2, 0.25) is 0 Å². The van der Waals surface area contributed by atoms with Crippen molar-refractivity contribution < 1.29 is 23.6 Å². The molecule has 1 aromatic heterocycles. The Morgan fingerprint density at radius 3 is 2.52 bits per heavy atom. The average Bonchev–Trinajstić information content (AvgIpc) is 3.23. The molecule has 2 aromatic rings. The maximum atomic E-state index is 13.1. The molecular formula is C23H31BrN2O5. The van der Waals surface area contributed by atoms with E-state index in [-0.39, 0.29) is 18.0 Å². The third kappa shape index (κ3) is 6.21. The molecule has 8 heteroatoms. The van der Waals surface area contributed by atoms with E-state index in [1.165, 1.54) is 0 Å². The number of hydrogen-bond acceptors (Lipinski definition) is 6. The topological polar surface area (TPSA) is 81.9 Å². The van der Waals surface area contributed by atoms with Gasteiger partial charge in [0.15, 0.2) is 5.58 Å². The van der Waals surface area contributed by atoms with Gasteiger partial charge in [0, 0.05) is 29.4 Å². The molecule has 2 atom stereocenters. The third-order valence-electron chi connectivity index (χ3n) is 5.08. The number of amides is 1. The van der Waals surface area contributed by atoms with E-state index in [4.69, 9.17) is 14.0 Å². The zero-order valence-corrected chi connectivity index (χ0v) is 20.6. The van der Waals surface area contributed by atoms with Gasteiger partial charge in [0.1, 0.15) is 11.2 Å². The van der Waals surface area contributed by atoms with Crippen LogP contribution in [0.15, 0.2) is 27.2 Å². The van der Waals surface area contributed by atoms with Gasteiger partial charge in [-0.3, -0.25) is 4.79 Å². The monoisotopic (exact) mass is 494 g/mol. The average molecular weight is 495 g/mol. The van der Waals surface area contributed by atoms with Gasteiger partial charge in [0.25, 0.3) is 0 Å². The van der Waals surface area contributed by atoms with Crippen LogP contribution in [-0.2, 0) is 20.7 Å². The van der Waals surface area contributed by atoms with E-state index in [0.29, 0.717) is 37.2 Å². The molecule has 2 heterocycles. The highest BCUT2D eigenvalue weighted by atomic mass is 79.9. The normalized spacial score (nSPS) is 18.3. The number of carbonyl (C=O) groups excluding carboxylic acids is 2. The molecule has 0 radical (unpaired) electrons. The molecule has 3 rings (SSSR count). The fraction of sp³-hybridized carbons (Fsp3) is 0.609. The number of likely N-dealkylation sites (tertiary alicyclic amines) is 1. The summed E-state index contributed by atoms with van der Waals surface area (Å²) in [5, 5.41) is 5.09. The van der Waals surface area contributed by atoms with E-state index in [2.05, 4.69) is 21.1 Å². The first-order valence-electron chi connectivity index (χ1n) is 10.6. The highest BCUT2D eigenvalue weighted by Gasteiger charge is 2.39. The molecule has 0 saturated carbocycles. The summed E-state index contributed by atoms with van der Waals surface area (Å²) in [7, 11) is 0. The van der Waals surface area contributed by atoms with Gasteiger partial charge in [-0.05, 0) is 72.1 Å². The van der Waals surface area contributed by atoms with Gasteiger partial charge in [-0.2, -0.15) is 0 Å². The summed E-state index contributed by atoms with van der Waals surface area (Å²) in [6.45, 7) is 12.1. The van der Waals surface area contributed by atoms with Crippen LogP contribution in [0.1, 0.15) is 53.7 Å². The standard InChI is InChI=1S/C23H31BrN2O5/c1-22(2,3)29-20(27)17(12-18-16-8-7-15(24)11-19(16)31-25-18)14-9-10-26(13-14)21(28)30-23(4,5)6/h7-8,11,14,17H,9-10,12-13H2,1-6H3/t14-,17-/m0/s1. The molecule has 0 aliphatic carbocycles. The number of nitrogens with zero attached hydrogens (tertiary/aromatic N) is 2. The zero-order chi connectivity index (χ0) is 23.0. The van der Waals surface area contributed by atoms with E-state index in [0.717, 1.165) is 9.86 Å². The van der Waals surface area contributed by atoms with Crippen molar-refractivity contribution in [3.63, 3.8) is 0 Å². The summed E-state index contributed by atoms with van der Waals surface area (Å²) < 4.78 is 17.6. The number of esters is 1. The van der Waals surface area contributed by atoms with Crippen molar-refractivity contribution >= 4 is 39.0 Å². The van der Waals surface area contributed by atoms with Crippen molar-refractivity contribution in [1.82, 2.24) is 10.1 Å². The van der Waals surface area contributed by atoms with E-state index in [1.54, 1.807) is 4.90 Å². The predicted octanol–water partition coefficient (Wildman–Crippen LogP) is 5.35. The minimum atomic E-state index is -0.602. The van der Waals surface area contributed by atoms with Crippen LogP contribution in [0.3, 0.4) is 0 Å². The molecule has 0 N–H and O–H groups in total. The van der Waals surface area contributed by atoms with E-state index >= 15 is 0 Å². The Morgan fingerprint density at radius 2 is 1.87 bits per heavy atom. The van der Waals surface area contributed by atoms with Crippen molar-refractivity contribution in [2.24, 2.45) is 11.8 Å². The maximum absolute atomic E-state index is 13.1. The molecule has 31 heavy (non-hydrogen) atoms. The number of rotatable bonds is 4. The Balaban J connectivity index is 1.81. The predicted molar refractivity (Wildman–Crippen MR) is 121 cm³/mol. The second-order valence-corrected chi connectivity index (χ2v) is 11.0.